The third-order valence-corrected chi connectivity index (χ3v) is 6.99. The van der Waals surface area contributed by atoms with Gasteiger partial charge in [0.05, 0.1) is 7.11 Å². The molecule has 0 aliphatic heterocycles. The van der Waals surface area contributed by atoms with Gasteiger partial charge in [-0.25, -0.2) is 9.59 Å². The number of esters is 1. The summed E-state index contributed by atoms with van der Waals surface area (Å²) < 4.78 is 4.91. The molecule has 0 heterocycles. The molecule has 1 aromatic carbocycles. The molecule has 4 saturated carbocycles. The largest absolute Gasteiger partial charge is 0.467 e. The molecule has 0 spiro atoms. The number of amides is 2. The smallest absolute Gasteiger partial charge is 0.328 e. The SMILES string of the molecule is COC(=O)[C@H](C)N(C(=O)NC12CC3CC(CC(C3)C1)C2)c1cccc(C(=N)N)c1. The second kappa shape index (κ2) is 7.35. The van der Waals surface area contributed by atoms with Gasteiger partial charge in [0.2, 0.25) is 0 Å². The van der Waals surface area contributed by atoms with E-state index in [4.69, 9.17) is 15.9 Å². The lowest BCUT2D eigenvalue weighted by molar-refractivity contribution is -0.141. The van der Waals surface area contributed by atoms with Crippen LogP contribution in [0.2, 0.25) is 0 Å². The van der Waals surface area contributed by atoms with E-state index in [0.29, 0.717) is 29.0 Å². The van der Waals surface area contributed by atoms with Crippen LogP contribution in [0.3, 0.4) is 0 Å². The lowest BCUT2D eigenvalue weighted by Crippen LogP contribution is -2.63. The summed E-state index contributed by atoms with van der Waals surface area (Å²) in [5.41, 5.74) is 6.49. The molecule has 4 fully saturated rings. The summed E-state index contributed by atoms with van der Waals surface area (Å²) in [6.07, 6.45) is 6.95. The van der Waals surface area contributed by atoms with Crippen molar-refractivity contribution in [1.29, 1.82) is 5.41 Å². The van der Waals surface area contributed by atoms with Crippen molar-refractivity contribution in [2.75, 3.05) is 12.0 Å². The summed E-state index contributed by atoms with van der Waals surface area (Å²) in [5.74, 6) is 1.54. The number of amidine groups is 1. The molecule has 1 atom stereocenters. The van der Waals surface area contributed by atoms with E-state index < -0.39 is 12.0 Å². The van der Waals surface area contributed by atoms with Gasteiger partial charge in [0.25, 0.3) is 0 Å². The first-order chi connectivity index (χ1) is 13.8. The summed E-state index contributed by atoms with van der Waals surface area (Å²) in [6.45, 7) is 1.66. The van der Waals surface area contributed by atoms with Crippen LogP contribution in [0.5, 0.6) is 0 Å². The first-order valence-electron chi connectivity index (χ1n) is 10.4. The maximum absolute atomic E-state index is 13.5. The molecule has 7 nitrogen and oxygen atoms in total. The van der Waals surface area contributed by atoms with Gasteiger partial charge in [-0.15, -0.1) is 0 Å². The van der Waals surface area contributed by atoms with Gasteiger partial charge in [-0.3, -0.25) is 10.3 Å². The molecule has 156 valence electrons. The zero-order valence-electron chi connectivity index (χ0n) is 17.1. The molecular formula is C22H30N4O3. The summed E-state index contributed by atoms with van der Waals surface area (Å²) in [7, 11) is 1.32. The van der Waals surface area contributed by atoms with E-state index in [9.17, 15) is 9.59 Å². The van der Waals surface area contributed by atoms with Crippen LogP contribution in [-0.2, 0) is 9.53 Å². The first kappa shape index (κ1) is 19.7. The molecule has 4 aliphatic carbocycles. The van der Waals surface area contributed by atoms with Crippen molar-refractivity contribution in [3.63, 3.8) is 0 Å². The third-order valence-electron chi connectivity index (χ3n) is 6.99. The minimum atomic E-state index is -0.795. The molecule has 0 saturated heterocycles. The fourth-order valence-corrected chi connectivity index (χ4v) is 6.17. The van der Waals surface area contributed by atoms with Crippen LogP contribution in [0, 0.1) is 23.2 Å². The second-order valence-corrected chi connectivity index (χ2v) is 9.16. The molecule has 0 aromatic heterocycles. The Balaban J connectivity index is 1.62. The first-order valence-corrected chi connectivity index (χ1v) is 10.4. The molecule has 0 unspecified atom stereocenters. The summed E-state index contributed by atoms with van der Waals surface area (Å²) in [6, 6.07) is 5.79. The third kappa shape index (κ3) is 3.70. The molecule has 4 bridgehead atoms. The highest BCUT2D eigenvalue weighted by Gasteiger charge is 2.52. The molecule has 4 N–H and O–H groups in total. The number of carbonyl (C=O) groups excluding carboxylic acids is 2. The fraction of sp³-hybridized carbons (Fsp3) is 0.591. The summed E-state index contributed by atoms with van der Waals surface area (Å²) in [5, 5.41) is 11.0. The Kier molecular flexibility index (Phi) is 5.00. The lowest BCUT2D eigenvalue weighted by Gasteiger charge is -2.57. The summed E-state index contributed by atoms with van der Waals surface area (Å²) >= 11 is 0. The minimum Gasteiger partial charge on any atom is -0.467 e. The number of anilines is 1. The molecule has 2 amide bonds. The molecule has 29 heavy (non-hydrogen) atoms. The van der Waals surface area contributed by atoms with Crippen molar-refractivity contribution in [3.8, 4) is 0 Å². The Morgan fingerprint density at radius 2 is 1.79 bits per heavy atom. The normalized spacial score (nSPS) is 30.5. The number of benzene rings is 1. The highest BCUT2D eigenvalue weighted by molar-refractivity contribution is 6.01. The van der Waals surface area contributed by atoms with E-state index in [1.807, 2.05) is 0 Å². The standard InChI is InChI=1S/C22H30N4O3/c1-13(20(27)29-2)26(18-5-3-4-17(9-18)19(23)24)21(28)25-22-10-14-6-15(11-22)8-16(7-14)12-22/h3-5,9,13-16H,6-8,10-12H2,1-2H3,(H3,23,24)(H,25,28)/t13-,14?,15?,16?,22?/m0/s1. The van der Waals surface area contributed by atoms with Gasteiger partial charge in [-0.1, -0.05) is 12.1 Å². The second-order valence-electron chi connectivity index (χ2n) is 9.16. The van der Waals surface area contributed by atoms with E-state index in [-0.39, 0.29) is 17.4 Å². The Labute approximate surface area is 171 Å². The topological polar surface area (TPSA) is 109 Å². The monoisotopic (exact) mass is 398 g/mol. The number of ether oxygens (including phenoxy) is 1. The number of nitrogens with one attached hydrogen (secondary N) is 2. The highest BCUT2D eigenvalue weighted by atomic mass is 16.5. The van der Waals surface area contributed by atoms with E-state index in [0.717, 1.165) is 19.3 Å². The highest BCUT2D eigenvalue weighted by Crippen LogP contribution is 2.55. The van der Waals surface area contributed by atoms with Crippen LogP contribution in [0.4, 0.5) is 10.5 Å². The van der Waals surface area contributed by atoms with Gasteiger partial charge in [-0.2, -0.15) is 0 Å². The maximum atomic E-state index is 13.5. The van der Waals surface area contributed by atoms with Crippen LogP contribution in [0.25, 0.3) is 0 Å². The van der Waals surface area contributed by atoms with Crippen molar-refractivity contribution in [2.45, 2.75) is 57.0 Å². The number of nitrogens with two attached hydrogens (primary N) is 1. The van der Waals surface area contributed by atoms with Gasteiger partial charge < -0.3 is 15.8 Å². The van der Waals surface area contributed by atoms with E-state index in [1.54, 1.807) is 31.2 Å². The minimum absolute atomic E-state index is 0.0842. The molecule has 0 radical (unpaired) electrons. The molecule has 7 heteroatoms. The fourth-order valence-electron chi connectivity index (χ4n) is 6.17. The van der Waals surface area contributed by atoms with Crippen molar-refractivity contribution in [1.82, 2.24) is 5.32 Å². The molecule has 5 rings (SSSR count). The molecule has 1 aromatic rings. The zero-order chi connectivity index (χ0) is 20.8. The van der Waals surface area contributed by atoms with E-state index in [2.05, 4.69) is 5.32 Å². The average molecular weight is 399 g/mol. The Bertz CT molecular complexity index is 802. The number of urea groups is 1. The quantitative estimate of drug-likeness (QED) is 0.402. The van der Waals surface area contributed by atoms with Crippen LogP contribution in [-0.4, -0.2) is 36.5 Å². The van der Waals surface area contributed by atoms with Crippen LogP contribution in [0.15, 0.2) is 24.3 Å². The van der Waals surface area contributed by atoms with Crippen molar-refractivity contribution >= 4 is 23.5 Å². The maximum Gasteiger partial charge on any atom is 0.328 e. The van der Waals surface area contributed by atoms with Crippen molar-refractivity contribution in [3.05, 3.63) is 29.8 Å². The predicted octanol–water partition coefficient (Wildman–Crippen LogP) is 3.02. The van der Waals surface area contributed by atoms with E-state index >= 15 is 0 Å². The van der Waals surface area contributed by atoms with Crippen molar-refractivity contribution in [2.24, 2.45) is 23.5 Å². The number of hydrogen-bond donors (Lipinski definition) is 3. The average Bonchev–Trinajstić information content (AvgIpc) is 2.66. The Morgan fingerprint density at radius 3 is 2.31 bits per heavy atom. The number of rotatable bonds is 5. The van der Waals surface area contributed by atoms with Gasteiger partial charge >= 0.3 is 12.0 Å². The Hall–Kier alpha value is -2.57. The van der Waals surface area contributed by atoms with Gasteiger partial charge in [-0.05, 0) is 75.3 Å². The Morgan fingerprint density at radius 1 is 1.21 bits per heavy atom. The number of nitrogen functional groups attached to an aromatic ring is 1. The molecular weight excluding hydrogens is 368 g/mol. The van der Waals surface area contributed by atoms with Gasteiger partial charge in [0.1, 0.15) is 11.9 Å². The van der Waals surface area contributed by atoms with Crippen molar-refractivity contribution < 1.29 is 14.3 Å². The predicted molar refractivity (Wildman–Crippen MR) is 111 cm³/mol. The van der Waals surface area contributed by atoms with Gasteiger partial charge in [0.15, 0.2) is 0 Å². The zero-order valence-corrected chi connectivity index (χ0v) is 17.1. The van der Waals surface area contributed by atoms with E-state index in [1.165, 1.54) is 31.3 Å². The number of hydrogen-bond acceptors (Lipinski definition) is 4. The lowest BCUT2D eigenvalue weighted by atomic mass is 9.53. The van der Waals surface area contributed by atoms with Crippen LogP contribution >= 0.6 is 0 Å². The molecule has 4 aliphatic rings. The number of methoxy groups -OCH3 is 1. The number of carbonyl (C=O) groups is 2. The summed E-state index contributed by atoms with van der Waals surface area (Å²) in [4.78, 5) is 27.2. The van der Waals surface area contributed by atoms with Gasteiger partial charge in [0, 0.05) is 16.8 Å². The number of nitrogens with zero attached hydrogens (tertiary/aromatic N) is 1. The van der Waals surface area contributed by atoms with Crippen LogP contribution in [0.1, 0.15) is 51.0 Å². The van der Waals surface area contributed by atoms with Crippen LogP contribution < -0.4 is 16.0 Å².